The predicted octanol–water partition coefficient (Wildman–Crippen LogP) is 3.59. The maximum absolute atomic E-state index is 12.2. The smallest absolute Gasteiger partial charge is 0.238 e. The van der Waals surface area contributed by atoms with Gasteiger partial charge in [-0.3, -0.25) is 14.5 Å². The van der Waals surface area contributed by atoms with Crippen molar-refractivity contribution in [2.75, 3.05) is 24.2 Å². The van der Waals surface area contributed by atoms with Gasteiger partial charge in [0.1, 0.15) is 5.76 Å². The Morgan fingerprint density at radius 3 is 2.55 bits per heavy atom. The van der Waals surface area contributed by atoms with Gasteiger partial charge >= 0.3 is 0 Å². The van der Waals surface area contributed by atoms with Crippen molar-refractivity contribution in [2.45, 2.75) is 52.0 Å². The quantitative estimate of drug-likeness (QED) is 0.615. The highest BCUT2D eigenvalue weighted by molar-refractivity contribution is 8.01. The lowest BCUT2D eigenvalue weighted by molar-refractivity contribution is -0.118. The van der Waals surface area contributed by atoms with E-state index >= 15 is 0 Å². The van der Waals surface area contributed by atoms with Crippen LogP contribution in [-0.4, -0.2) is 46.0 Å². The normalized spacial score (nSPS) is 16.1. The van der Waals surface area contributed by atoms with E-state index < -0.39 is 0 Å². The van der Waals surface area contributed by atoms with Crippen LogP contribution in [-0.2, 0) is 22.7 Å². The number of aromatic nitrogens is 1. The number of thioether (sulfide) groups is 1. The van der Waals surface area contributed by atoms with Gasteiger partial charge in [0.2, 0.25) is 11.8 Å². The Balaban J connectivity index is 1.34. The van der Waals surface area contributed by atoms with E-state index in [4.69, 9.17) is 4.52 Å². The summed E-state index contributed by atoms with van der Waals surface area (Å²) in [4.78, 5) is 26.8. The number of anilines is 1. The molecular formula is C23H32N4O3S. The maximum atomic E-state index is 12.2. The minimum Gasteiger partial charge on any atom is -0.360 e. The number of benzene rings is 1. The van der Waals surface area contributed by atoms with Gasteiger partial charge in [0, 0.05) is 19.2 Å². The zero-order valence-electron chi connectivity index (χ0n) is 18.5. The first-order chi connectivity index (χ1) is 14.9. The first kappa shape index (κ1) is 23.3. The Kier molecular flexibility index (Phi) is 8.54. The van der Waals surface area contributed by atoms with Crippen molar-refractivity contribution in [2.24, 2.45) is 5.92 Å². The number of nitrogens with zero attached hydrogens (tertiary/aromatic N) is 2. The SMILES string of the molecule is Cc1cc(NC(=O)C(C)SCC(=O)NCc2ccc(CN3CCC(C)CC3)cc2)no1. The molecule has 0 bridgehead atoms. The fourth-order valence-electron chi connectivity index (χ4n) is 3.42. The number of hydrogen-bond acceptors (Lipinski definition) is 6. The minimum atomic E-state index is -0.375. The van der Waals surface area contributed by atoms with Crippen LogP contribution in [0.15, 0.2) is 34.9 Å². The summed E-state index contributed by atoms with van der Waals surface area (Å²) in [6.45, 7) is 9.67. The van der Waals surface area contributed by atoms with Crippen molar-refractivity contribution in [3.05, 3.63) is 47.2 Å². The van der Waals surface area contributed by atoms with E-state index in [-0.39, 0.29) is 22.8 Å². The second kappa shape index (κ2) is 11.3. The molecule has 1 aliphatic heterocycles. The van der Waals surface area contributed by atoms with E-state index in [1.807, 2.05) is 0 Å². The number of carbonyl (C=O) groups is 2. The lowest BCUT2D eigenvalue weighted by Crippen LogP contribution is -2.32. The van der Waals surface area contributed by atoms with Crippen LogP contribution in [0.3, 0.4) is 0 Å². The van der Waals surface area contributed by atoms with Crippen molar-refractivity contribution < 1.29 is 14.1 Å². The standard InChI is InChI=1S/C23H32N4O3S/c1-16-8-10-27(11-9-16)14-20-6-4-19(5-7-20)13-24-22(28)15-31-18(3)23(29)25-21-12-17(2)30-26-21/h4-7,12,16,18H,8-11,13-15H2,1-3H3,(H,24,28)(H,25,26,29). The molecule has 1 atom stereocenters. The van der Waals surface area contributed by atoms with Crippen molar-refractivity contribution >= 4 is 29.4 Å². The van der Waals surface area contributed by atoms with Gasteiger partial charge in [-0.25, -0.2) is 0 Å². The summed E-state index contributed by atoms with van der Waals surface area (Å²) < 4.78 is 4.93. The number of amides is 2. The van der Waals surface area contributed by atoms with E-state index in [1.165, 1.54) is 43.3 Å². The fraction of sp³-hybridized carbons (Fsp3) is 0.522. The molecule has 31 heavy (non-hydrogen) atoms. The average molecular weight is 445 g/mol. The summed E-state index contributed by atoms with van der Waals surface area (Å²) >= 11 is 1.29. The molecule has 2 aromatic rings. The predicted molar refractivity (Wildman–Crippen MR) is 124 cm³/mol. The molecule has 7 nitrogen and oxygen atoms in total. The third kappa shape index (κ3) is 7.70. The van der Waals surface area contributed by atoms with E-state index in [9.17, 15) is 9.59 Å². The Morgan fingerprint density at radius 1 is 1.23 bits per heavy atom. The molecule has 1 fully saturated rings. The number of aryl methyl sites for hydroxylation is 1. The van der Waals surface area contributed by atoms with E-state index in [1.54, 1.807) is 19.9 Å². The summed E-state index contributed by atoms with van der Waals surface area (Å²) in [5, 5.41) is 8.97. The highest BCUT2D eigenvalue weighted by Gasteiger charge is 2.17. The van der Waals surface area contributed by atoms with Crippen molar-refractivity contribution in [1.29, 1.82) is 0 Å². The van der Waals surface area contributed by atoms with Gasteiger partial charge in [0.05, 0.1) is 11.0 Å². The Hall–Kier alpha value is -2.32. The Morgan fingerprint density at radius 2 is 1.90 bits per heavy atom. The molecule has 1 aliphatic rings. The van der Waals surface area contributed by atoms with Crippen LogP contribution in [0.5, 0.6) is 0 Å². The topological polar surface area (TPSA) is 87.5 Å². The number of piperidine rings is 1. The molecule has 2 amide bonds. The molecule has 0 saturated carbocycles. The summed E-state index contributed by atoms with van der Waals surface area (Å²) in [7, 11) is 0. The number of nitrogens with one attached hydrogen (secondary N) is 2. The van der Waals surface area contributed by atoms with Crippen LogP contribution in [0.4, 0.5) is 5.82 Å². The lowest BCUT2D eigenvalue weighted by atomic mass is 9.99. The van der Waals surface area contributed by atoms with Crippen molar-refractivity contribution in [3.8, 4) is 0 Å². The van der Waals surface area contributed by atoms with Crippen molar-refractivity contribution in [1.82, 2.24) is 15.4 Å². The molecule has 0 radical (unpaired) electrons. The van der Waals surface area contributed by atoms with Gasteiger partial charge in [-0.1, -0.05) is 36.3 Å². The Bertz CT molecular complexity index is 860. The minimum absolute atomic E-state index is 0.0894. The zero-order chi connectivity index (χ0) is 22.2. The summed E-state index contributed by atoms with van der Waals surface area (Å²) in [6, 6.07) is 10.1. The number of rotatable bonds is 9. The largest absolute Gasteiger partial charge is 0.360 e. The van der Waals surface area contributed by atoms with Crippen LogP contribution in [0.2, 0.25) is 0 Å². The van der Waals surface area contributed by atoms with Crippen LogP contribution in [0.1, 0.15) is 43.6 Å². The first-order valence-electron chi connectivity index (χ1n) is 10.8. The fourth-order valence-corrected chi connectivity index (χ4v) is 4.14. The second-order valence-electron chi connectivity index (χ2n) is 8.32. The molecule has 8 heteroatoms. The monoisotopic (exact) mass is 444 g/mol. The van der Waals surface area contributed by atoms with Crippen LogP contribution in [0.25, 0.3) is 0 Å². The van der Waals surface area contributed by atoms with Crippen LogP contribution in [0, 0.1) is 12.8 Å². The van der Waals surface area contributed by atoms with Gasteiger partial charge in [-0.15, -0.1) is 11.8 Å². The average Bonchev–Trinajstić information content (AvgIpc) is 3.17. The summed E-state index contributed by atoms with van der Waals surface area (Å²) in [5.41, 5.74) is 2.38. The highest BCUT2D eigenvalue weighted by Crippen LogP contribution is 2.18. The van der Waals surface area contributed by atoms with Gasteiger partial charge < -0.3 is 15.2 Å². The molecule has 2 heterocycles. The van der Waals surface area contributed by atoms with Gasteiger partial charge in [-0.2, -0.15) is 0 Å². The molecule has 0 spiro atoms. The third-order valence-corrected chi connectivity index (χ3v) is 6.65. The molecule has 168 valence electrons. The Labute approximate surface area is 188 Å². The zero-order valence-corrected chi connectivity index (χ0v) is 19.3. The number of likely N-dealkylation sites (tertiary alicyclic amines) is 1. The second-order valence-corrected chi connectivity index (χ2v) is 9.65. The first-order valence-corrected chi connectivity index (χ1v) is 11.9. The van der Waals surface area contributed by atoms with E-state index in [0.29, 0.717) is 18.1 Å². The number of hydrogen-bond donors (Lipinski definition) is 2. The molecule has 1 saturated heterocycles. The third-order valence-electron chi connectivity index (χ3n) is 5.51. The van der Waals surface area contributed by atoms with E-state index in [2.05, 4.69) is 51.9 Å². The van der Waals surface area contributed by atoms with Gasteiger partial charge in [0.25, 0.3) is 0 Å². The number of carbonyl (C=O) groups excluding carboxylic acids is 2. The van der Waals surface area contributed by atoms with Crippen LogP contribution >= 0.6 is 11.8 Å². The highest BCUT2D eigenvalue weighted by atomic mass is 32.2. The van der Waals surface area contributed by atoms with Gasteiger partial charge in [-0.05, 0) is 56.8 Å². The van der Waals surface area contributed by atoms with E-state index in [0.717, 1.165) is 18.0 Å². The van der Waals surface area contributed by atoms with Crippen molar-refractivity contribution in [3.63, 3.8) is 0 Å². The lowest BCUT2D eigenvalue weighted by Gasteiger charge is -2.30. The van der Waals surface area contributed by atoms with Gasteiger partial charge in [0.15, 0.2) is 5.82 Å². The molecule has 1 unspecified atom stereocenters. The molecule has 2 N–H and O–H groups in total. The molecule has 1 aromatic heterocycles. The maximum Gasteiger partial charge on any atom is 0.238 e. The summed E-state index contributed by atoms with van der Waals surface area (Å²) in [5.74, 6) is 1.79. The molecular weight excluding hydrogens is 412 g/mol. The molecule has 0 aliphatic carbocycles. The molecule has 1 aromatic carbocycles. The van der Waals surface area contributed by atoms with Crippen LogP contribution < -0.4 is 10.6 Å². The molecule has 3 rings (SSSR count). The summed E-state index contributed by atoms with van der Waals surface area (Å²) in [6.07, 6.45) is 2.56.